The molecule has 0 bridgehead atoms. The molecule has 1 aromatic rings. The van der Waals surface area contributed by atoms with Crippen LogP contribution in [0, 0.1) is 0 Å². The van der Waals surface area contributed by atoms with Gasteiger partial charge in [0.2, 0.25) is 0 Å². The molecule has 0 saturated heterocycles. The predicted octanol–water partition coefficient (Wildman–Crippen LogP) is 0.288. The zero-order valence-corrected chi connectivity index (χ0v) is 8.90. The van der Waals surface area contributed by atoms with Crippen molar-refractivity contribution in [3.63, 3.8) is 0 Å². The summed E-state index contributed by atoms with van der Waals surface area (Å²) in [5, 5.41) is 0. The molecular weight excluding hydrogens is 198 g/mol. The van der Waals surface area contributed by atoms with Gasteiger partial charge in [-0.3, -0.25) is 0 Å². The van der Waals surface area contributed by atoms with Crippen LogP contribution >= 0.6 is 0 Å². The fourth-order valence-electron chi connectivity index (χ4n) is 1.13. The van der Waals surface area contributed by atoms with Crippen LogP contribution in [0.3, 0.4) is 0 Å². The minimum Gasteiger partial charge on any atom is -0.464 e. The zero-order valence-electron chi connectivity index (χ0n) is 8.90. The van der Waals surface area contributed by atoms with Gasteiger partial charge >= 0.3 is 5.97 Å². The third-order valence-corrected chi connectivity index (χ3v) is 1.94. The van der Waals surface area contributed by atoms with Gasteiger partial charge in [-0.25, -0.2) is 9.78 Å². The van der Waals surface area contributed by atoms with Gasteiger partial charge < -0.3 is 19.8 Å². The number of anilines is 1. The van der Waals surface area contributed by atoms with Crippen LogP contribution in [0.2, 0.25) is 0 Å². The number of nitrogens with zero attached hydrogens (tertiary/aromatic N) is 2. The molecule has 1 rings (SSSR count). The van der Waals surface area contributed by atoms with Crippen molar-refractivity contribution in [3.8, 4) is 0 Å². The van der Waals surface area contributed by atoms with Crippen molar-refractivity contribution in [3.05, 3.63) is 12.0 Å². The summed E-state index contributed by atoms with van der Waals surface area (Å²) in [6.45, 7) is 3.68. The summed E-state index contributed by atoms with van der Waals surface area (Å²) in [4.78, 5) is 15.0. The number of hydrogen-bond donors (Lipinski definition) is 1. The highest BCUT2D eigenvalue weighted by Crippen LogP contribution is 2.10. The summed E-state index contributed by atoms with van der Waals surface area (Å²) in [7, 11) is 1.29. The monoisotopic (exact) mass is 213 g/mol. The number of esters is 1. The van der Waals surface area contributed by atoms with Crippen molar-refractivity contribution in [2.75, 3.05) is 26.1 Å². The zero-order chi connectivity index (χ0) is 11.3. The Balaban J connectivity index is 2.67. The Hall–Kier alpha value is -1.56. The predicted molar refractivity (Wildman–Crippen MR) is 54.5 cm³/mol. The maximum Gasteiger partial charge on any atom is 0.360 e. The molecule has 0 radical (unpaired) electrons. The number of ether oxygens (including phenoxy) is 2. The molecule has 0 aliphatic heterocycles. The molecule has 15 heavy (non-hydrogen) atoms. The van der Waals surface area contributed by atoms with Crippen molar-refractivity contribution in [2.45, 2.75) is 13.5 Å². The molecule has 0 fully saturated rings. The molecule has 6 nitrogen and oxygen atoms in total. The highest BCUT2D eigenvalue weighted by molar-refractivity contribution is 5.91. The summed E-state index contributed by atoms with van der Waals surface area (Å²) in [5.41, 5.74) is 5.85. The number of nitrogen functional groups attached to an aromatic ring is 1. The van der Waals surface area contributed by atoms with Gasteiger partial charge in [0.1, 0.15) is 5.82 Å². The van der Waals surface area contributed by atoms with E-state index in [9.17, 15) is 4.79 Å². The van der Waals surface area contributed by atoms with E-state index in [4.69, 9.17) is 10.5 Å². The second-order valence-corrected chi connectivity index (χ2v) is 2.86. The number of methoxy groups -OCH3 is 1. The molecule has 6 heteroatoms. The third kappa shape index (κ3) is 2.69. The van der Waals surface area contributed by atoms with Gasteiger partial charge in [-0.05, 0) is 6.92 Å². The first-order valence-corrected chi connectivity index (χ1v) is 4.67. The van der Waals surface area contributed by atoms with Crippen LogP contribution in [-0.4, -0.2) is 35.8 Å². The Morgan fingerprint density at radius 3 is 3.00 bits per heavy atom. The molecule has 1 aromatic heterocycles. The number of aromatic nitrogens is 2. The Morgan fingerprint density at radius 1 is 1.67 bits per heavy atom. The van der Waals surface area contributed by atoms with Crippen LogP contribution in [0.15, 0.2) is 6.33 Å². The number of nitrogens with two attached hydrogens (primary N) is 1. The maximum atomic E-state index is 11.2. The maximum absolute atomic E-state index is 11.2. The number of hydrogen-bond acceptors (Lipinski definition) is 5. The molecule has 0 spiro atoms. The van der Waals surface area contributed by atoms with Gasteiger partial charge in [-0.2, -0.15) is 0 Å². The van der Waals surface area contributed by atoms with E-state index < -0.39 is 5.97 Å². The SMILES string of the molecule is CCOCCn1cnc(C(=O)OC)c1N. The first-order chi connectivity index (χ1) is 7.20. The first kappa shape index (κ1) is 11.5. The highest BCUT2D eigenvalue weighted by atomic mass is 16.5. The number of carbonyl (C=O) groups is 1. The van der Waals surface area contributed by atoms with Crippen molar-refractivity contribution < 1.29 is 14.3 Å². The Bertz CT molecular complexity index is 335. The number of carbonyl (C=O) groups excluding carboxylic acids is 1. The molecule has 0 aromatic carbocycles. The summed E-state index contributed by atoms with van der Waals surface area (Å²) in [5.74, 6) is -0.218. The average molecular weight is 213 g/mol. The van der Waals surface area contributed by atoms with Crippen molar-refractivity contribution in [2.24, 2.45) is 0 Å². The number of rotatable bonds is 5. The minimum absolute atomic E-state index is 0.147. The quantitative estimate of drug-likeness (QED) is 0.561. The van der Waals surface area contributed by atoms with Gasteiger partial charge in [0.25, 0.3) is 0 Å². The second kappa shape index (κ2) is 5.35. The lowest BCUT2D eigenvalue weighted by atomic mass is 10.4. The molecule has 0 amide bonds. The summed E-state index contributed by atoms with van der Waals surface area (Å²) in [6.07, 6.45) is 1.50. The Kier molecular flexibility index (Phi) is 4.11. The minimum atomic E-state index is -0.525. The van der Waals surface area contributed by atoms with Gasteiger partial charge in [0.05, 0.1) is 20.0 Å². The van der Waals surface area contributed by atoms with Crippen LogP contribution in [0.5, 0.6) is 0 Å². The lowest BCUT2D eigenvalue weighted by molar-refractivity contribution is 0.0595. The van der Waals surface area contributed by atoms with Gasteiger partial charge in [0.15, 0.2) is 5.69 Å². The van der Waals surface area contributed by atoms with Gasteiger partial charge in [-0.15, -0.1) is 0 Å². The van der Waals surface area contributed by atoms with Crippen LogP contribution in [-0.2, 0) is 16.0 Å². The smallest absolute Gasteiger partial charge is 0.360 e. The molecule has 0 saturated carbocycles. The van der Waals surface area contributed by atoms with Crippen molar-refractivity contribution >= 4 is 11.8 Å². The summed E-state index contributed by atoms with van der Waals surface area (Å²) in [6, 6.07) is 0. The standard InChI is InChI=1S/C9H15N3O3/c1-3-15-5-4-12-6-11-7(8(12)10)9(13)14-2/h6H,3-5,10H2,1-2H3. The lowest BCUT2D eigenvalue weighted by Crippen LogP contribution is -2.10. The summed E-state index contributed by atoms with van der Waals surface area (Å²) < 4.78 is 11.4. The molecule has 84 valence electrons. The summed E-state index contributed by atoms with van der Waals surface area (Å²) >= 11 is 0. The third-order valence-electron chi connectivity index (χ3n) is 1.94. The van der Waals surface area contributed by atoms with E-state index in [0.29, 0.717) is 25.6 Å². The van der Waals surface area contributed by atoms with Crippen LogP contribution in [0.4, 0.5) is 5.82 Å². The van der Waals surface area contributed by atoms with E-state index >= 15 is 0 Å². The topological polar surface area (TPSA) is 79.4 Å². The van der Waals surface area contributed by atoms with Crippen molar-refractivity contribution in [1.82, 2.24) is 9.55 Å². The van der Waals surface area contributed by atoms with Crippen LogP contribution in [0.25, 0.3) is 0 Å². The second-order valence-electron chi connectivity index (χ2n) is 2.86. The highest BCUT2D eigenvalue weighted by Gasteiger charge is 2.15. The molecule has 0 atom stereocenters. The van der Waals surface area contributed by atoms with E-state index in [0.717, 1.165) is 0 Å². The average Bonchev–Trinajstić information content (AvgIpc) is 2.60. The molecular formula is C9H15N3O3. The van der Waals surface area contributed by atoms with Gasteiger partial charge in [0, 0.05) is 13.2 Å². The molecule has 0 aliphatic carbocycles. The van der Waals surface area contributed by atoms with E-state index in [1.54, 1.807) is 4.57 Å². The van der Waals surface area contributed by atoms with Gasteiger partial charge in [-0.1, -0.05) is 0 Å². The molecule has 1 heterocycles. The largest absolute Gasteiger partial charge is 0.464 e. The Labute approximate surface area is 88.0 Å². The fraction of sp³-hybridized carbons (Fsp3) is 0.556. The lowest BCUT2D eigenvalue weighted by Gasteiger charge is -2.04. The first-order valence-electron chi connectivity index (χ1n) is 4.67. The van der Waals surface area contributed by atoms with E-state index in [2.05, 4.69) is 9.72 Å². The molecule has 0 unspecified atom stereocenters. The van der Waals surface area contributed by atoms with Crippen LogP contribution < -0.4 is 5.73 Å². The van der Waals surface area contributed by atoms with E-state index in [1.165, 1.54) is 13.4 Å². The Morgan fingerprint density at radius 2 is 2.40 bits per heavy atom. The fourth-order valence-corrected chi connectivity index (χ4v) is 1.13. The van der Waals surface area contributed by atoms with Crippen LogP contribution in [0.1, 0.15) is 17.4 Å². The van der Waals surface area contributed by atoms with E-state index in [-0.39, 0.29) is 5.69 Å². The van der Waals surface area contributed by atoms with Crippen molar-refractivity contribution in [1.29, 1.82) is 0 Å². The molecule has 0 aliphatic rings. The van der Waals surface area contributed by atoms with E-state index in [1.807, 2.05) is 6.92 Å². The number of imidazole rings is 1. The normalized spacial score (nSPS) is 10.3. The molecule has 2 N–H and O–H groups in total.